The molecule has 19 heteroatoms. The molecular weight excluding hydrogens is 1330 g/mol. The molecule has 0 saturated heterocycles. The van der Waals surface area contributed by atoms with Crippen molar-refractivity contribution < 1.29 is 80.2 Å². The second-order valence-electron chi connectivity index (χ2n) is 31.3. The molecule has 0 spiro atoms. The summed E-state index contributed by atoms with van der Waals surface area (Å²) >= 11 is 0. The molecule has 0 rings (SSSR count). The van der Waals surface area contributed by atoms with E-state index in [1.807, 2.05) is 0 Å². The van der Waals surface area contributed by atoms with Crippen LogP contribution in [0.1, 0.15) is 434 Å². The van der Waals surface area contributed by atoms with Crippen molar-refractivity contribution in [3.63, 3.8) is 0 Å². The van der Waals surface area contributed by atoms with Crippen LogP contribution in [0.2, 0.25) is 0 Å². The van der Waals surface area contributed by atoms with Gasteiger partial charge in [0.25, 0.3) is 0 Å². The van der Waals surface area contributed by atoms with Crippen LogP contribution < -0.4 is 0 Å². The lowest BCUT2D eigenvalue weighted by atomic mass is 10.0. The van der Waals surface area contributed by atoms with Crippen molar-refractivity contribution in [2.75, 3.05) is 39.6 Å². The van der Waals surface area contributed by atoms with E-state index in [1.54, 1.807) is 0 Å². The quantitative estimate of drug-likeness (QED) is 0.0222. The van der Waals surface area contributed by atoms with Gasteiger partial charge in [0.15, 0.2) is 12.2 Å². The fraction of sp³-hybridized carbons (Fsp3) is 0.952. The van der Waals surface area contributed by atoms with Crippen LogP contribution in [0.5, 0.6) is 0 Å². The molecule has 0 aliphatic rings. The molecule has 0 aliphatic heterocycles. The summed E-state index contributed by atoms with van der Waals surface area (Å²) in [5.41, 5.74) is 0. The van der Waals surface area contributed by atoms with Crippen LogP contribution in [0, 0.1) is 17.8 Å². The topological polar surface area (TPSA) is 237 Å². The lowest BCUT2D eigenvalue weighted by molar-refractivity contribution is -0.161. The van der Waals surface area contributed by atoms with Gasteiger partial charge in [-0.3, -0.25) is 37.3 Å². The van der Waals surface area contributed by atoms with Gasteiger partial charge in [-0.05, 0) is 43.4 Å². The molecule has 17 nitrogen and oxygen atoms in total. The molecule has 0 amide bonds. The second-order valence-corrected chi connectivity index (χ2v) is 34.2. The van der Waals surface area contributed by atoms with Crippen molar-refractivity contribution in [3.8, 4) is 0 Å². The Hall–Kier alpha value is -1.94. The van der Waals surface area contributed by atoms with E-state index in [9.17, 15) is 43.2 Å². The number of ether oxygens (including phenoxy) is 4. The van der Waals surface area contributed by atoms with Gasteiger partial charge in [0, 0.05) is 25.7 Å². The summed E-state index contributed by atoms with van der Waals surface area (Å²) in [4.78, 5) is 73.0. The third kappa shape index (κ3) is 76.3. The van der Waals surface area contributed by atoms with Crippen molar-refractivity contribution in [3.05, 3.63) is 0 Å². The molecule has 0 radical (unpaired) electrons. The van der Waals surface area contributed by atoms with Gasteiger partial charge in [-0.2, -0.15) is 0 Å². The minimum Gasteiger partial charge on any atom is -0.462 e. The van der Waals surface area contributed by atoms with Gasteiger partial charge in [-0.25, -0.2) is 9.13 Å². The summed E-state index contributed by atoms with van der Waals surface area (Å²) in [5.74, 6) is 0.260. The maximum Gasteiger partial charge on any atom is 0.472 e. The number of aliphatic hydroxyl groups is 1. The van der Waals surface area contributed by atoms with E-state index < -0.39 is 97.5 Å². The molecule has 0 aromatic carbocycles. The van der Waals surface area contributed by atoms with Crippen LogP contribution in [0.3, 0.4) is 0 Å². The summed E-state index contributed by atoms with van der Waals surface area (Å²) in [6, 6.07) is 0. The normalized spacial score (nSPS) is 13.9. The Labute approximate surface area is 626 Å². The molecule has 0 aromatic heterocycles. The number of phosphoric ester groups is 2. The predicted octanol–water partition coefficient (Wildman–Crippen LogP) is 24.9. The number of hydrogen-bond donors (Lipinski definition) is 3. The fourth-order valence-electron chi connectivity index (χ4n) is 12.8. The Bertz CT molecular complexity index is 1970. The fourth-order valence-corrected chi connectivity index (χ4v) is 14.4. The Balaban J connectivity index is 5.21. The summed E-state index contributed by atoms with van der Waals surface area (Å²) < 4.78 is 68.7. The molecule has 0 saturated carbocycles. The Morgan fingerprint density at radius 1 is 0.265 bits per heavy atom. The third-order valence-electron chi connectivity index (χ3n) is 19.4. The van der Waals surface area contributed by atoms with Crippen LogP contribution in [0.25, 0.3) is 0 Å². The van der Waals surface area contributed by atoms with Crippen LogP contribution in [-0.4, -0.2) is 96.7 Å². The van der Waals surface area contributed by atoms with E-state index in [0.717, 1.165) is 108 Å². The highest BCUT2D eigenvalue weighted by Gasteiger charge is 2.30. The number of carbonyl (C=O) groups is 4. The van der Waals surface area contributed by atoms with Gasteiger partial charge in [-0.1, -0.05) is 382 Å². The SMILES string of the molecule is CCCCCCCCCCCCC(=O)OC[C@H](COP(=O)(O)OC[C@H](O)COP(=O)(O)OC[C@@H](COC(=O)CCCCCCCCCCCCCCCCCCC(C)C)OC(=O)CCCCCCCCCCCCCCCCCCCCC(C)C)OC(=O)CCCCCCCCCCCC(C)C. The molecule has 0 fully saturated rings. The third-order valence-corrected chi connectivity index (χ3v) is 21.3. The van der Waals surface area contributed by atoms with Crippen LogP contribution >= 0.6 is 15.6 Å². The number of hydrogen-bond acceptors (Lipinski definition) is 15. The van der Waals surface area contributed by atoms with Gasteiger partial charge >= 0.3 is 39.5 Å². The molecule has 0 bridgehead atoms. The van der Waals surface area contributed by atoms with E-state index in [0.29, 0.717) is 25.7 Å². The Morgan fingerprint density at radius 3 is 0.667 bits per heavy atom. The summed E-state index contributed by atoms with van der Waals surface area (Å²) in [7, 11) is -9.92. The van der Waals surface area contributed by atoms with Crippen molar-refractivity contribution >= 4 is 39.5 Å². The van der Waals surface area contributed by atoms with Crippen molar-refractivity contribution in [2.24, 2.45) is 17.8 Å². The zero-order valence-electron chi connectivity index (χ0n) is 67.1. The van der Waals surface area contributed by atoms with Gasteiger partial charge in [0.1, 0.15) is 19.3 Å². The molecule has 0 aliphatic carbocycles. The minimum atomic E-state index is -4.96. The number of unbranched alkanes of at least 4 members (excludes halogenated alkanes) is 49. The molecule has 2 unspecified atom stereocenters. The zero-order chi connectivity index (χ0) is 75.1. The van der Waals surface area contributed by atoms with E-state index in [4.69, 9.17) is 37.0 Å². The molecule has 102 heavy (non-hydrogen) atoms. The summed E-state index contributed by atoms with van der Waals surface area (Å²) in [6.07, 6.45) is 62.5. The zero-order valence-corrected chi connectivity index (χ0v) is 68.9. The first-order valence-corrected chi connectivity index (χ1v) is 45.8. The molecule has 0 heterocycles. The molecule has 5 atom stereocenters. The Morgan fingerprint density at radius 2 is 0.451 bits per heavy atom. The van der Waals surface area contributed by atoms with Crippen LogP contribution in [-0.2, 0) is 65.4 Å². The van der Waals surface area contributed by atoms with Gasteiger partial charge < -0.3 is 33.8 Å². The van der Waals surface area contributed by atoms with E-state index in [2.05, 4.69) is 48.5 Å². The molecule has 0 aromatic rings. The first-order chi connectivity index (χ1) is 49.2. The van der Waals surface area contributed by atoms with Crippen molar-refractivity contribution in [1.29, 1.82) is 0 Å². The lowest BCUT2D eigenvalue weighted by Gasteiger charge is -2.21. The summed E-state index contributed by atoms with van der Waals surface area (Å²) in [6.45, 7) is 12.0. The summed E-state index contributed by atoms with van der Waals surface area (Å²) in [5, 5.41) is 10.6. The average molecular weight is 1490 g/mol. The molecule has 606 valence electrons. The van der Waals surface area contributed by atoms with E-state index in [-0.39, 0.29) is 25.7 Å². The highest BCUT2D eigenvalue weighted by molar-refractivity contribution is 7.47. The molecular formula is C83H162O17P2. The number of carbonyl (C=O) groups excluding carboxylic acids is 4. The maximum atomic E-state index is 13.1. The Kier molecular flexibility index (Phi) is 71.8. The number of phosphoric acid groups is 2. The van der Waals surface area contributed by atoms with Gasteiger partial charge in [-0.15, -0.1) is 0 Å². The largest absolute Gasteiger partial charge is 0.472 e. The van der Waals surface area contributed by atoms with Crippen molar-refractivity contribution in [1.82, 2.24) is 0 Å². The molecule has 3 N–H and O–H groups in total. The first kappa shape index (κ1) is 100. The van der Waals surface area contributed by atoms with E-state index >= 15 is 0 Å². The maximum absolute atomic E-state index is 13.1. The number of aliphatic hydroxyl groups excluding tert-OH is 1. The highest BCUT2D eigenvalue weighted by Crippen LogP contribution is 2.45. The van der Waals surface area contributed by atoms with Crippen LogP contribution in [0.4, 0.5) is 0 Å². The minimum absolute atomic E-state index is 0.106. The predicted molar refractivity (Wildman–Crippen MR) is 418 cm³/mol. The second kappa shape index (κ2) is 73.2. The number of esters is 4. The lowest BCUT2D eigenvalue weighted by Crippen LogP contribution is -2.30. The monoisotopic (exact) mass is 1490 g/mol. The first-order valence-electron chi connectivity index (χ1n) is 42.8. The smallest absolute Gasteiger partial charge is 0.462 e. The van der Waals surface area contributed by atoms with Gasteiger partial charge in [0.05, 0.1) is 26.4 Å². The van der Waals surface area contributed by atoms with Crippen molar-refractivity contribution in [2.45, 2.75) is 452 Å². The number of rotatable bonds is 81. The standard InChI is InChI=1S/C83H162O17P2/c1-8-9-10-11-12-13-36-43-50-57-64-80(85)93-70-79(100-83(88)67-60-53-46-39-32-35-42-49-56-63-76(6)7)73-98-102(91,92)96-69-77(84)68-95-101(89,90)97-72-78(71-94-81(86)65-58-51-44-37-30-26-22-19-18-21-25-29-34-41-48-55-62-75(4)5)99-82(87)66-59-52-45-38-31-27-23-17-15-14-16-20-24-28-33-40-47-54-61-74(2)3/h74-79,84H,8-73H2,1-7H3,(H,89,90)(H,91,92)/t77-,78-,79-/m1/s1. The average Bonchev–Trinajstić information content (AvgIpc) is 0.983. The van der Waals surface area contributed by atoms with Crippen LogP contribution in [0.15, 0.2) is 0 Å². The van der Waals surface area contributed by atoms with Gasteiger partial charge in [0.2, 0.25) is 0 Å². The highest BCUT2D eigenvalue weighted by atomic mass is 31.2. The van der Waals surface area contributed by atoms with E-state index in [1.165, 1.54) is 244 Å².